The first kappa shape index (κ1) is 26.1. The molecule has 1 aliphatic carbocycles. The largest absolute Gasteiger partial charge is 0.381 e. The summed E-state index contributed by atoms with van der Waals surface area (Å²) in [6.07, 6.45) is 6.38. The molecule has 0 radical (unpaired) electrons. The quantitative estimate of drug-likeness (QED) is 0.292. The van der Waals surface area contributed by atoms with E-state index in [9.17, 15) is 4.79 Å². The number of carbonyl (C=O) groups is 1. The maximum atomic E-state index is 13.3. The summed E-state index contributed by atoms with van der Waals surface area (Å²) in [6.45, 7) is 3.97. The molecule has 0 spiro atoms. The third-order valence-corrected chi connectivity index (χ3v) is 8.56. The minimum Gasteiger partial charge on any atom is -0.381 e. The highest BCUT2D eigenvalue weighted by Gasteiger charge is 2.32. The first-order valence-electron chi connectivity index (χ1n) is 14.0. The zero-order valence-electron chi connectivity index (χ0n) is 22.4. The van der Waals surface area contributed by atoms with Crippen LogP contribution in [0.5, 0.6) is 0 Å². The SMILES string of the molecule is CO[C@@H]1CCC[C@H](C(=O)N2CCN(Cc3c(-c4ccc(Cl)cc4)nc4ccc(-c5ccccc5)cn34)CC2)C1. The number of carbonyl (C=O) groups excluding carboxylic acids is 1. The van der Waals surface area contributed by atoms with Gasteiger partial charge in [0.25, 0.3) is 0 Å². The van der Waals surface area contributed by atoms with E-state index in [2.05, 4.69) is 56.8 Å². The molecule has 2 fully saturated rings. The molecule has 6 nitrogen and oxygen atoms in total. The summed E-state index contributed by atoms with van der Waals surface area (Å²) in [4.78, 5) is 22.8. The van der Waals surface area contributed by atoms with Crippen molar-refractivity contribution in [3.8, 4) is 22.4 Å². The van der Waals surface area contributed by atoms with Gasteiger partial charge >= 0.3 is 0 Å². The lowest BCUT2D eigenvalue weighted by Gasteiger charge is -2.38. The van der Waals surface area contributed by atoms with Crippen molar-refractivity contribution in [2.24, 2.45) is 5.92 Å². The molecule has 6 rings (SSSR count). The molecule has 1 aliphatic heterocycles. The Labute approximate surface area is 235 Å². The molecule has 1 saturated carbocycles. The van der Waals surface area contributed by atoms with Gasteiger partial charge in [-0.3, -0.25) is 9.69 Å². The normalized spacial score (nSPS) is 20.4. The van der Waals surface area contributed by atoms with Crippen LogP contribution in [0, 0.1) is 5.92 Å². The summed E-state index contributed by atoms with van der Waals surface area (Å²) in [5.41, 5.74) is 6.44. The molecule has 2 aromatic heterocycles. The number of ether oxygens (including phenoxy) is 1. The van der Waals surface area contributed by atoms with E-state index in [4.69, 9.17) is 21.3 Å². The Morgan fingerprint density at radius 1 is 0.923 bits per heavy atom. The van der Waals surface area contributed by atoms with Crippen molar-refractivity contribution >= 4 is 23.2 Å². The molecule has 1 saturated heterocycles. The van der Waals surface area contributed by atoms with Crippen LogP contribution in [0.25, 0.3) is 28.0 Å². The molecule has 1 amide bonds. The van der Waals surface area contributed by atoms with Gasteiger partial charge in [0.05, 0.1) is 17.5 Å². The summed E-state index contributed by atoms with van der Waals surface area (Å²) in [5, 5.41) is 0.714. The summed E-state index contributed by atoms with van der Waals surface area (Å²) in [7, 11) is 1.76. The van der Waals surface area contributed by atoms with Crippen molar-refractivity contribution in [1.82, 2.24) is 19.2 Å². The number of aromatic nitrogens is 2. The lowest BCUT2D eigenvalue weighted by molar-refractivity contribution is -0.140. The molecular weight excluding hydrogens is 508 g/mol. The van der Waals surface area contributed by atoms with Gasteiger partial charge < -0.3 is 14.0 Å². The fourth-order valence-electron chi connectivity index (χ4n) is 6.06. The van der Waals surface area contributed by atoms with Gasteiger partial charge in [-0.05, 0) is 54.7 Å². The summed E-state index contributed by atoms with van der Waals surface area (Å²) >= 11 is 6.20. The maximum absolute atomic E-state index is 13.3. The van der Waals surface area contributed by atoms with Gasteiger partial charge in [-0.2, -0.15) is 0 Å². The molecule has 2 aromatic carbocycles. The van der Waals surface area contributed by atoms with Gasteiger partial charge in [0.15, 0.2) is 0 Å². The van der Waals surface area contributed by atoms with Crippen molar-refractivity contribution in [1.29, 1.82) is 0 Å². The van der Waals surface area contributed by atoms with E-state index in [1.807, 2.05) is 30.3 Å². The number of hydrogen-bond donors (Lipinski definition) is 0. The molecule has 4 aromatic rings. The van der Waals surface area contributed by atoms with E-state index in [0.717, 1.165) is 86.6 Å². The molecular formula is C32H35ClN4O2. The van der Waals surface area contributed by atoms with Crippen molar-refractivity contribution in [3.63, 3.8) is 0 Å². The maximum Gasteiger partial charge on any atom is 0.225 e. The molecule has 0 N–H and O–H groups in total. The molecule has 7 heteroatoms. The Morgan fingerprint density at radius 3 is 2.41 bits per heavy atom. The van der Waals surface area contributed by atoms with E-state index in [1.54, 1.807) is 7.11 Å². The number of fused-ring (bicyclic) bond motifs is 1. The van der Waals surface area contributed by atoms with E-state index in [1.165, 1.54) is 5.56 Å². The fraction of sp³-hybridized carbons (Fsp3) is 0.375. The molecule has 0 unspecified atom stereocenters. The van der Waals surface area contributed by atoms with E-state index < -0.39 is 0 Å². The first-order chi connectivity index (χ1) is 19.1. The Hall–Kier alpha value is -3.19. The highest BCUT2D eigenvalue weighted by Crippen LogP contribution is 2.31. The fourth-order valence-corrected chi connectivity index (χ4v) is 6.19. The van der Waals surface area contributed by atoms with Crippen LogP contribution < -0.4 is 0 Å². The minimum atomic E-state index is 0.0990. The Kier molecular flexibility index (Phi) is 7.69. The standard InChI is InChI=1S/C32H35ClN4O2/c1-39-28-9-5-8-25(20-28)32(38)36-18-16-35(17-19-36)22-29-31(24-10-13-27(33)14-11-24)34-30-15-12-26(21-37(29)30)23-6-3-2-4-7-23/h2-4,6-7,10-15,21,25,28H,5,8-9,16-20,22H2,1H3/t25-,28+/m0/s1. The molecule has 202 valence electrons. The van der Waals surface area contributed by atoms with Gasteiger partial charge in [-0.1, -0.05) is 60.5 Å². The van der Waals surface area contributed by atoms with Gasteiger partial charge in [0.1, 0.15) is 5.65 Å². The molecule has 39 heavy (non-hydrogen) atoms. The molecule has 0 bridgehead atoms. The molecule has 3 heterocycles. The van der Waals surface area contributed by atoms with Crippen molar-refractivity contribution < 1.29 is 9.53 Å². The number of halogens is 1. The van der Waals surface area contributed by atoms with Crippen molar-refractivity contribution in [3.05, 3.63) is 83.6 Å². The van der Waals surface area contributed by atoms with Crippen molar-refractivity contribution in [2.75, 3.05) is 33.3 Å². The van der Waals surface area contributed by atoms with Gasteiger partial charge in [-0.25, -0.2) is 4.98 Å². The second-order valence-electron chi connectivity index (χ2n) is 10.7. The number of nitrogens with zero attached hydrogens (tertiary/aromatic N) is 4. The van der Waals surface area contributed by atoms with E-state index in [0.29, 0.717) is 10.9 Å². The number of hydrogen-bond acceptors (Lipinski definition) is 4. The predicted octanol–water partition coefficient (Wildman–Crippen LogP) is 6.17. The smallest absolute Gasteiger partial charge is 0.225 e. The van der Waals surface area contributed by atoms with Crippen LogP contribution in [-0.4, -0.2) is 64.5 Å². The van der Waals surface area contributed by atoms with Gasteiger partial charge in [0.2, 0.25) is 5.91 Å². The molecule has 2 aliphatic rings. The number of imidazole rings is 1. The monoisotopic (exact) mass is 542 g/mol. The van der Waals surface area contributed by atoms with Crippen LogP contribution in [0.15, 0.2) is 72.9 Å². The predicted molar refractivity (Wildman–Crippen MR) is 156 cm³/mol. The third kappa shape index (κ3) is 5.60. The van der Waals surface area contributed by atoms with Gasteiger partial charge in [0, 0.05) is 62.5 Å². The summed E-state index contributed by atoms with van der Waals surface area (Å²) < 4.78 is 7.80. The number of amides is 1. The molecule has 2 atom stereocenters. The number of benzene rings is 2. The zero-order chi connectivity index (χ0) is 26.8. The lowest BCUT2D eigenvalue weighted by Crippen LogP contribution is -2.50. The number of pyridine rings is 1. The average Bonchev–Trinajstić information content (AvgIpc) is 3.35. The number of methoxy groups -OCH3 is 1. The summed E-state index contributed by atoms with van der Waals surface area (Å²) in [6, 6.07) is 22.6. The van der Waals surface area contributed by atoms with E-state index in [-0.39, 0.29) is 12.0 Å². The second-order valence-corrected chi connectivity index (χ2v) is 11.2. The Bertz CT molecular complexity index is 1430. The van der Waals surface area contributed by atoms with Crippen LogP contribution >= 0.6 is 11.6 Å². The van der Waals surface area contributed by atoms with Gasteiger partial charge in [-0.15, -0.1) is 0 Å². The minimum absolute atomic E-state index is 0.0990. The van der Waals surface area contributed by atoms with Crippen molar-refractivity contribution in [2.45, 2.75) is 38.3 Å². The highest BCUT2D eigenvalue weighted by atomic mass is 35.5. The Morgan fingerprint density at radius 2 is 1.67 bits per heavy atom. The number of piperazine rings is 1. The van der Waals surface area contributed by atoms with Crippen LogP contribution in [0.3, 0.4) is 0 Å². The average molecular weight is 543 g/mol. The summed E-state index contributed by atoms with van der Waals surface area (Å²) in [5.74, 6) is 0.405. The Balaban J connectivity index is 1.24. The number of rotatable bonds is 6. The second kappa shape index (κ2) is 11.5. The van der Waals surface area contributed by atoms with E-state index >= 15 is 0 Å². The first-order valence-corrected chi connectivity index (χ1v) is 14.3. The lowest BCUT2D eigenvalue weighted by atomic mass is 9.86. The zero-order valence-corrected chi connectivity index (χ0v) is 23.2. The van der Waals surface area contributed by atoms with Crippen LogP contribution in [0.2, 0.25) is 5.02 Å². The van der Waals surface area contributed by atoms with Crippen LogP contribution in [0.4, 0.5) is 0 Å². The van der Waals surface area contributed by atoms with Crippen LogP contribution in [0.1, 0.15) is 31.4 Å². The third-order valence-electron chi connectivity index (χ3n) is 8.31. The van der Waals surface area contributed by atoms with Crippen LogP contribution in [-0.2, 0) is 16.1 Å². The highest BCUT2D eigenvalue weighted by molar-refractivity contribution is 6.30. The topological polar surface area (TPSA) is 50.1 Å².